The predicted octanol–water partition coefficient (Wildman–Crippen LogP) is 3.52. The highest BCUT2D eigenvalue weighted by Crippen LogP contribution is 2.51. The quantitative estimate of drug-likeness (QED) is 0.554. The van der Waals surface area contributed by atoms with Crippen molar-refractivity contribution in [2.45, 2.75) is 19.4 Å². The molecule has 0 bridgehead atoms. The van der Waals surface area contributed by atoms with Crippen LogP contribution in [0.2, 0.25) is 0 Å². The van der Waals surface area contributed by atoms with Crippen LogP contribution in [0.5, 0.6) is 0 Å². The van der Waals surface area contributed by atoms with Gasteiger partial charge in [0, 0.05) is 23.2 Å². The Labute approximate surface area is 203 Å². The molecule has 35 heavy (non-hydrogen) atoms. The molecule has 3 aromatic rings. The molecule has 2 atom stereocenters. The predicted molar refractivity (Wildman–Crippen MR) is 133 cm³/mol. The number of carbonyl (C=O) groups excluding carboxylic acids is 4. The van der Waals surface area contributed by atoms with Crippen LogP contribution in [0.4, 0.5) is 21.9 Å². The van der Waals surface area contributed by atoms with Gasteiger partial charge in [0.25, 0.3) is 5.91 Å². The molecule has 4 rings (SSSR count). The van der Waals surface area contributed by atoms with Crippen molar-refractivity contribution in [2.24, 2.45) is 17.4 Å². The normalized spacial score (nSPS) is 19.6. The third kappa shape index (κ3) is 3.25. The van der Waals surface area contributed by atoms with Crippen LogP contribution in [0.25, 0.3) is 0 Å². The Balaban J connectivity index is 2.20. The number of para-hydroxylation sites is 3. The second-order valence-electron chi connectivity index (χ2n) is 8.64. The number of urea groups is 1. The first-order chi connectivity index (χ1) is 16.7. The summed E-state index contributed by atoms with van der Waals surface area (Å²) >= 11 is 0. The fourth-order valence-corrected chi connectivity index (χ4v) is 5.25. The maximum absolute atomic E-state index is 14.1. The van der Waals surface area contributed by atoms with E-state index in [1.54, 1.807) is 92.7 Å². The average molecular weight is 471 g/mol. The van der Waals surface area contributed by atoms with Crippen molar-refractivity contribution in [1.82, 2.24) is 4.48 Å². The van der Waals surface area contributed by atoms with Gasteiger partial charge in [-0.1, -0.05) is 74.5 Å². The van der Waals surface area contributed by atoms with Crippen LogP contribution in [-0.2, 0) is 19.9 Å². The second kappa shape index (κ2) is 8.81. The van der Waals surface area contributed by atoms with E-state index in [4.69, 9.17) is 11.5 Å². The molecule has 177 valence electrons. The molecule has 1 heterocycles. The fourth-order valence-electron chi connectivity index (χ4n) is 5.25. The Hall–Kier alpha value is -4.30. The summed E-state index contributed by atoms with van der Waals surface area (Å²) in [7, 11) is 0. The topological polar surface area (TPSA) is 124 Å². The summed E-state index contributed by atoms with van der Waals surface area (Å²) in [6, 6.07) is 22.4. The summed E-state index contributed by atoms with van der Waals surface area (Å²) < 4.78 is -1.30. The Morgan fingerprint density at radius 3 is 1.91 bits per heavy atom. The summed E-state index contributed by atoms with van der Waals surface area (Å²) in [6.07, 6.45) is 0.820. The van der Waals surface area contributed by atoms with Gasteiger partial charge in [0.2, 0.25) is 11.4 Å². The molecule has 1 aliphatic rings. The lowest BCUT2D eigenvalue weighted by Gasteiger charge is -2.47. The van der Waals surface area contributed by atoms with E-state index in [0.717, 1.165) is 6.42 Å². The molecule has 3 aromatic carbocycles. The van der Waals surface area contributed by atoms with Crippen LogP contribution in [-0.4, -0.2) is 23.8 Å². The highest BCUT2D eigenvalue weighted by molar-refractivity contribution is 6.30. The Kier molecular flexibility index (Phi) is 6.00. The van der Waals surface area contributed by atoms with E-state index in [1.165, 1.54) is 11.0 Å². The number of fused-ring (bicyclic) bond motifs is 1. The zero-order chi connectivity index (χ0) is 25.4. The summed E-state index contributed by atoms with van der Waals surface area (Å²) in [4.78, 5) is 56.0. The van der Waals surface area contributed by atoms with E-state index in [0.29, 0.717) is 11.3 Å². The average Bonchev–Trinajstić information content (AvgIpc) is 2.92. The minimum absolute atomic E-state index is 0.0762. The van der Waals surface area contributed by atoms with Gasteiger partial charge < -0.3 is 11.5 Å². The molecule has 4 N–H and O–H groups in total. The molecule has 0 saturated heterocycles. The molecule has 5 amide bonds. The van der Waals surface area contributed by atoms with Crippen LogP contribution >= 0.6 is 0 Å². The number of imide groups is 1. The van der Waals surface area contributed by atoms with Crippen molar-refractivity contribution in [1.29, 1.82) is 0 Å². The smallest absolute Gasteiger partial charge is 0.364 e. The van der Waals surface area contributed by atoms with Gasteiger partial charge in [-0.25, -0.2) is 9.59 Å². The highest BCUT2D eigenvalue weighted by atomic mass is 16.2. The maximum Gasteiger partial charge on any atom is 0.427 e. The van der Waals surface area contributed by atoms with Crippen molar-refractivity contribution < 1.29 is 19.2 Å². The van der Waals surface area contributed by atoms with Gasteiger partial charge in [0.05, 0.1) is 0 Å². The van der Waals surface area contributed by atoms with Crippen molar-refractivity contribution in [3.63, 3.8) is 0 Å². The van der Waals surface area contributed by atoms with Crippen LogP contribution < -0.4 is 20.9 Å². The van der Waals surface area contributed by atoms with E-state index >= 15 is 0 Å². The molecule has 0 spiro atoms. The molecule has 2 unspecified atom stereocenters. The first kappa shape index (κ1) is 23.8. The van der Waals surface area contributed by atoms with Crippen molar-refractivity contribution in [2.75, 3.05) is 4.90 Å². The summed E-state index contributed by atoms with van der Waals surface area (Å²) in [6.45, 7) is 3.39. The minimum atomic E-state index is -1.95. The highest BCUT2D eigenvalue weighted by Gasteiger charge is 2.70. The largest absolute Gasteiger partial charge is 0.427 e. The lowest BCUT2D eigenvalue weighted by atomic mass is 9.74. The third-order valence-electron chi connectivity index (χ3n) is 6.58. The molecule has 0 fully saturated rings. The second-order valence-corrected chi connectivity index (χ2v) is 8.64. The van der Waals surface area contributed by atoms with Gasteiger partial charge in [-0.3, -0.25) is 14.5 Å². The number of anilines is 2. The first-order valence-electron chi connectivity index (χ1n) is 11.1. The number of benzene rings is 3. The SMILES string of the molecule is CC(C)C(C(N)=O)(c1ccccc1)[N+]1(C(N)=O)C(=O)[CH]C(=O)N(c2ccccc2)c2ccccc21. The molecule has 0 aliphatic carbocycles. The Morgan fingerprint density at radius 2 is 1.37 bits per heavy atom. The summed E-state index contributed by atoms with van der Waals surface area (Å²) in [5.74, 6) is -3.23. The van der Waals surface area contributed by atoms with E-state index < -0.39 is 39.7 Å². The van der Waals surface area contributed by atoms with Crippen LogP contribution in [0.1, 0.15) is 19.4 Å². The van der Waals surface area contributed by atoms with Crippen molar-refractivity contribution in [3.8, 4) is 0 Å². The lowest BCUT2D eigenvalue weighted by molar-refractivity contribution is -0.143. The molecule has 8 nitrogen and oxygen atoms in total. The number of carbonyl (C=O) groups is 4. The van der Waals surface area contributed by atoms with Gasteiger partial charge in [0.1, 0.15) is 5.69 Å². The van der Waals surface area contributed by atoms with E-state index in [-0.39, 0.29) is 11.4 Å². The van der Waals surface area contributed by atoms with Crippen molar-refractivity contribution >= 4 is 40.8 Å². The molecule has 0 aromatic heterocycles. The lowest BCUT2D eigenvalue weighted by Crippen LogP contribution is -2.77. The Morgan fingerprint density at radius 1 is 0.829 bits per heavy atom. The number of quaternary nitrogens is 1. The van der Waals surface area contributed by atoms with E-state index in [9.17, 15) is 19.2 Å². The summed E-state index contributed by atoms with van der Waals surface area (Å²) in [5.41, 5.74) is 11.3. The number of nitrogens with zero attached hydrogens (tertiary/aromatic N) is 2. The number of hydrogen-bond acceptors (Lipinski definition) is 4. The number of primary amides is 2. The van der Waals surface area contributed by atoms with E-state index in [1.807, 2.05) is 0 Å². The number of hydrogen-bond donors (Lipinski definition) is 2. The van der Waals surface area contributed by atoms with Crippen molar-refractivity contribution in [3.05, 3.63) is 96.9 Å². The first-order valence-corrected chi connectivity index (χ1v) is 11.1. The number of amides is 5. The van der Waals surface area contributed by atoms with E-state index in [2.05, 4.69) is 0 Å². The fraction of sp³-hybridized carbons (Fsp3) is 0.148. The monoisotopic (exact) mass is 470 g/mol. The zero-order valence-electron chi connectivity index (χ0n) is 19.4. The standard InChI is InChI=1S/C27H25N4O4/c1-18(2)27(25(28)34,19-11-5-3-6-12-19)31(26(29)35)22-16-10-9-15-21(22)30(23(32)17-24(31)33)20-13-7-4-8-14-20/h3-18H,1-2H3,(H3-,28,29,34,35)/p+1. The van der Waals surface area contributed by atoms with Crippen LogP contribution in [0.15, 0.2) is 84.9 Å². The van der Waals surface area contributed by atoms with Gasteiger partial charge in [-0.05, 0) is 18.2 Å². The molecular formula is C27H26N4O4+. The summed E-state index contributed by atoms with van der Waals surface area (Å²) in [5, 5.41) is 0. The molecular weight excluding hydrogens is 444 g/mol. The molecule has 1 aliphatic heterocycles. The minimum Gasteiger partial charge on any atom is -0.364 e. The van der Waals surface area contributed by atoms with Crippen LogP contribution in [0.3, 0.4) is 0 Å². The molecule has 0 saturated carbocycles. The third-order valence-corrected chi connectivity index (χ3v) is 6.58. The maximum atomic E-state index is 14.1. The van der Waals surface area contributed by atoms with Gasteiger partial charge in [-0.15, -0.1) is 4.48 Å². The number of rotatable bonds is 5. The van der Waals surface area contributed by atoms with Gasteiger partial charge in [-0.2, -0.15) is 0 Å². The number of nitrogens with two attached hydrogens (primary N) is 2. The van der Waals surface area contributed by atoms with Gasteiger partial charge >= 0.3 is 11.9 Å². The van der Waals surface area contributed by atoms with Gasteiger partial charge in [0.15, 0.2) is 12.1 Å². The zero-order valence-corrected chi connectivity index (χ0v) is 19.4. The van der Waals surface area contributed by atoms with Crippen LogP contribution in [0, 0.1) is 12.3 Å². The molecule has 1 radical (unpaired) electrons. The Bertz CT molecular complexity index is 1310. The molecule has 8 heteroatoms.